The van der Waals surface area contributed by atoms with Gasteiger partial charge in [0.15, 0.2) is 0 Å². The molecule has 0 unspecified atom stereocenters. The van der Waals surface area contributed by atoms with Gasteiger partial charge in [-0.15, -0.1) is 0 Å². The van der Waals surface area contributed by atoms with Crippen LogP contribution in [0.15, 0.2) is 200 Å². The number of rotatable bonds is 5. The van der Waals surface area contributed by atoms with Gasteiger partial charge in [0.25, 0.3) is 0 Å². The molecule has 9 aromatic rings. The second-order valence-corrected chi connectivity index (χ2v) is 13.4. The normalized spacial score (nSPS) is 11.6. The van der Waals surface area contributed by atoms with Crippen LogP contribution in [0.25, 0.3) is 66.1 Å². The molecule has 0 N–H and O–H groups in total. The Labute approximate surface area is 303 Å². The first kappa shape index (κ1) is 30.0. The van der Waals surface area contributed by atoms with Gasteiger partial charge in [-0.3, -0.25) is 0 Å². The highest BCUT2D eigenvalue weighted by Gasteiger charge is 2.26. The van der Waals surface area contributed by atoms with Gasteiger partial charge in [-0.25, -0.2) is 0 Å². The highest BCUT2D eigenvalue weighted by molar-refractivity contribution is 6.04. The van der Waals surface area contributed by atoms with Crippen LogP contribution in [0.5, 0.6) is 11.5 Å². The van der Waals surface area contributed by atoms with Crippen LogP contribution >= 0.6 is 0 Å². The molecular formula is C50H33NO. The van der Waals surface area contributed by atoms with E-state index in [1.807, 2.05) is 0 Å². The first-order chi connectivity index (χ1) is 25.8. The molecule has 0 spiro atoms. The van der Waals surface area contributed by atoms with Crippen LogP contribution < -0.4 is 9.64 Å². The predicted molar refractivity (Wildman–Crippen MR) is 218 cm³/mol. The number of hydrogen-bond donors (Lipinski definition) is 0. The zero-order chi connectivity index (χ0) is 34.4. The van der Waals surface area contributed by atoms with Crippen molar-refractivity contribution in [2.45, 2.75) is 0 Å². The molecule has 9 aromatic carbocycles. The number of ether oxygens (including phenoxy) is 1. The lowest BCUT2D eigenvalue weighted by molar-refractivity contribution is 0.488. The summed E-state index contributed by atoms with van der Waals surface area (Å²) in [7, 11) is 0. The largest absolute Gasteiger partial charge is 0.456 e. The summed E-state index contributed by atoms with van der Waals surface area (Å²) < 4.78 is 6.92. The molecule has 1 aliphatic rings. The molecule has 2 nitrogen and oxygen atoms in total. The lowest BCUT2D eigenvalue weighted by Crippen LogP contribution is -2.10. The summed E-state index contributed by atoms with van der Waals surface area (Å²) in [6, 6.07) is 71.7. The van der Waals surface area contributed by atoms with Gasteiger partial charge in [0.2, 0.25) is 0 Å². The van der Waals surface area contributed by atoms with Crippen molar-refractivity contribution in [2.75, 3.05) is 4.90 Å². The van der Waals surface area contributed by atoms with Gasteiger partial charge in [0.1, 0.15) is 11.5 Å². The molecule has 0 saturated heterocycles. The van der Waals surface area contributed by atoms with Crippen molar-refractivity contribution >= 4 is 38.6 Å². The first-order valence-electron chi connectivity index (χ1n) is 17.8. The third kappa shape index (κ3) is 5.21. The summed E-state index contributed by atoms with van der Waals surface area (Å²) in [6.45, 7) is 0. The molecule has 2 heteroatoms. The molecule has 0 amide bonds. The Bertz CT molecular complexity index is 2750. The van der Waals surface area contributed by atoms with E-state index < -0.39 is 0 Å². The minimum Gasteiger partial charge on any atom is -0.456 e. The number of benzene rings is 9. The predicted octanol–water partition coefficient (Wildman–Crippen LogP) is 14.2. The van der Waals surface area contributed by atoms with E-state index in [4.69, 9.17) is 4.74 Å². The molecule has 0 radical (unpaired) electrons. The summed E-state index contributed by atoms with van der Waals surface area (Å²) in [4.78, 5) is 2.36. The molecule has 0 aromatic heterocycles. The molecule has 10 rings (SSSR count). The van der Waals surface area contributed by atoms with E-state index in [1.165, 1.54) is 32.7 Å². The minimum absolute atomic E-state index is 0.835. The van der Waals surface area contributed by atoms with Crippen LogP contribution in [0.3, 0.4) is 0 Å². The lowest BCUT2D eigenvalue weighted by atomic mass is 9.87. The highest BCUT2D eigenvalue weighted by Crippen LogP contribution is 2.52. The summed E-state index contributed by atoms with van der Waals surface area (Å²) in [5, 5.41) is 4.81. The maximum absolute atomic E-state index is 6.92. The topological polar surface area (TPSA) is 12.5 Å². The standard InChI is InChI=1S/C50H33NO/c1-3-12-34(13-4-1)36-22-25-41(26-23-36)51(42-27-24-35-14-7-8-17-38(35)30-42)43-28-29-48-46(33-43)45-31-39-18-9-10-19-40(39)32-47(45)50-44(20-11-21-49(50)52-48)37-15-5-2-6-16-37/h1-33H. The van der Waals surface area contributed by atoms with Gasteiger partial charge in [0.05, 0.1) is 0 Å². The second kappa shape index (κ2) is 12.5. The second-order valence-electron chi connectivity index (χ2n) is 13.4. The van der Waals surface area contributed by atoms with Gasteiger partial charge in [-0.05, 0) is 116 Å². The molecular weight excluding hydrogens is 631 g/mol. The van der Waals surface area contributed by atoms with Crippen LogP contribution in [0.4, 0.5) is 17.1 Å². The smallest absolute Gasteiger partial charge is 0.135 e. The van der Waals surface area contributed by atoms with Crippen LogP contribution in [-0.4, -0.2) is 0 Å². The fourth-order valence-electron chi connectivity index (χ4n) is 7.69. The van der Waals surface area contributed by atoms with E-state index in [2.05, 4.69) is 205 Å². The lowest BCUT2D eigenvalue weighted by Gasteiger charge is -2.27. The van der Waals surface area contributed by atoms with Crippen molar-refractivity contribution in [1.29, 1.82) is 0 Å². The molecule has 1 aliphatic heterocycles. The number of anilines is 3. The summed E-state index contributed by atoms with van der Waals surface area (Å²) >= 11 is 0. The van der Waals surface area contributed by atoms with Gasteiger partial charge in [-0.1, -0.05) is 140 Å². The van der Waals surface area contributed by atoms with E-state index in [9.17, 15) is 0 Å². The molecule has 0 saturated carbocycles. The Morgan fingerprint density at radius 1 is 0.288 bits per heavy atom. The van der Waals surface area contributed by atoms with Crippen molar-refractivity contribution in [3.05, 3.63) is 200 Å². The van der Waals surface area contributed by atoms with E-state index >= 15 is 0 Å². The van der Waals surface area contributed by atoms with Crippen LogP contribution in [0, 0.1) is 0 Å². The van der Waals surface area contributed by atoms with Crippen molar-refractivity contribution in [3.63, 3.8) is 0 Å². The Balaban J connectivity index is 1.19. The van der Waals surface area contributed by atoms with E-state index in [0.29, 0.717) is 0 Å². The minimum atomic E-state index is 0.835. The fraction of sp³-hybridized carbons (Fsp3) is 0. The molecule has 52 heavy (non-hydrogen) atoms. The summed E-state index contributed by atoms with van der Waals surface area (Å²) in [6.07, 6.45) is 0. The Kier molecular flexibility index (Phi) is 7.18. The monoisotopic (exact) mass is 663 g/mol. The molecule has 0 atom stereocenters. The van der Waals surface area contributed by atoms with Crippen molar-refractivity contribution < 1.29 is 4.74 Å². The van der Waals surface area contributed by atoms with Gasteiger partial charge in [0, 0.05) is 28.2 Å². The van der Waals surface area contributed by atoms with Crippen molar-refractivity contribution in [1.82, 2.24) is 0 Å². The summed E-state index contributed by atoms with van der Waals surface area (Å²) in [5.74, 6) is 1.69. The number of nitrogens with zero attached hydrogens (tertiary/aromatic N) is 1. The average molecular weight is 664 g/mol. The zero-order valence-corrected chi connectivity index (χ0v) is 28.4. The van der Waals surface area contributed by atoms with Crippen LogP contribution in [-0.2, 0) is 0 Å². The Morgan fingerprint density at radius 2 is 0.846 bits per heavy atom. The zero-order valence-electron chi connectivity index (χ0n) is 28.4. The van der Waals surface area contributed by atoms with E-state index in [-0.39, 0.29) is 0 Å². The molecule has 1 heterocycles. The third-order valence-corrected chi connectivity index (χ3v) is 10.2. The van der Waals surface area contributed by atoms with E-state index in [0.717, 1.165) is 61.9 Å². The highest BCUT2D eigenvalue weighted by atomic mass is 16.5. The van der Waals surface area contributed by atoms with Crippen molar-refractivity contribution in [3.8, 4) is 56.0 Å². The molecule has 0 fully saturated rings. The maximum atomic E-state index is 6.92. The Hall–Kier alpha value is -6.90. The van der Waals surface area contributed by atoms with E-state index in [1.54, 1.807) is 0 Å². The quantitative estimate of drug-likeness (QED) is 0.182. The number of hydrogen-bond acceptors (Lipinski definition) is 2. The summed E-state index contributed by atoms with van der Waals surface area (Å²) in [5.41, 5.74) is 12.4. The first-order valence-corrected chi connectivity index (χ1v) is 17.8. The van der Waals surface area contributed by atoms with Gasteiger partial charge >= 0.3 is 0 Å². The molecule has 244 valence electrons. The average Bonchev–Trinajstić information content (AvgIpc) is 3.35. The SMILES string of the molecule is c1ccc(-c2ccc(N(c3ccc4c(c3)-c3cc5ccccc5cc3-c3c(cccc3-c3ccccc3)O4)c3ccc4ccccc4c3)cc2)cc1. The third-order valence-electron chi connectivity index (χ3n) is 10.2. The van der Waals surface area contributed by atoms with Crippen LogP contribution in [0.2, 0.25) is 0 Å². The maximum Gasteiger partial charge on any atom is 0.135 e. The van der Waals surface area contributed by atoms with Crippen molar-refractivity contribution in [2.24, 2.45) is 0 Å². The van der Waals surface area contributed by atoms with Gasteiger partial charge in [-0.2, -0.15) is 0 Å². The molecule has 0 bridgehead atoms. The molecule has 0 aliphatic carbocycles. The fourth-order valence-corrected chi connectivity index (χ4v) is 7.69. The van der Waals surface area contributed by atoms with Gasteiger partial charge < -0.3 is 9.64 Å². The Morgan fingerprint density at radius 3 is 1.58 bits per heavy atom. The number of fused-ring (bicyclic) bond motifs is 7. The van der Waals surface area contributed by atoms with Crippen LogP contribution in [0.1, 0.15) is 0 Å².